The van der Waals surface area contributed by atoms with Gasteiger partial charge in [-0.25, -0.2) is 4.68 Å². The zero-order valence-electron chi connectivity index (χ0n) is 8.06. The molecule has 0 spiro atoms. The third kappa shape index (κ3) is 2.47. The predicted molar refractivity (Wildman–Crippen MR) is 56.2 cm³/mol. The molecule has 1 atom stereocenters. The number of rotatable bonds is 2. The van der Waals surface area contributed by atoms with Gasteiger partial charge in [-0.2, -0.15) is 5.10 Å². The van der Waals surface area contributed by atoms with Crippen molar-refractivity contribution in [2.24, 2.45) is 5.73 Å². The number of nitrogens with two attached hydrogens (primary N) is 1. The van der Waals surface area contributed by atoms with Crippen molar-refractivity contribution in [3.63, 3.8) is 0 Å². The van der Waals surface area contributed by atoms with Crippen LogP contribution in [-0.4, -0.2) is 16.4 Å². The molecule has 1 aliphatic rings. The Labute approximate surface area is 89.8 Å². The Bertz CT molecular complexity index is 271. The highest BCUT2D eigenvalue weighted by Crippen LogP contribution is 2.21. The minimum absolute atomic E-state index is 0. The van der Waals surface area contributed by atoms with E-state index in [9.17, 15) is 0 Å². The number of hydrogen-bond acceptors (Lipinski definition) is 3. The topological polar surface area (TPSA) is 53.1 Å². The zero-order valence-corrected chi connectivity index (χ0v) is 8.87. The van der Waals surface area contributed by atoms with Crippen molar-refractivity contribution in [1.29, 1.82) is 0 Å². The molecule has 0 amide bonds. The average Bonchev–Trinajstić information content (AvgIpc) is 2.67. The molecule has 5 heteroatoms. The van der Waals surface area contributed by atoms with E-state index >= 15 is 0 Å². The first kappa shape index (κ1) is 11.5. The van der Waals surface area contributed by atoms with Gasteiger partial charge >= 0.3 is 0 Å². The SMILES string of the molecule is Cl.NCc1cnn(C2CCCCO2)c1. The Morgan fingerprint density at radius 2 is 2.43 bits per heavy atom. The highest BCUT2D eigenvalue weighted by molar-refractivity contribution is 5.85. The van der Waals surface area contributed by atoms with Crippen molar-refractivity contribution in [1.82, 2.24) is 9.78 Å². The number of aromatic nitrogens is 2. The van der Waals surface area contributed by atoms with Gasteiger partial charge in [0.25, 0.3) is 0 Å². The van der Waals surface area contributed by atoms with Gasteiger partial charge in [0.05, 0.1) is 6.20 Å². The van der Waals surface area contributed by atoms with E-state index in [-0.39, 0.29) is 18.6 Å². The maximum absolute atomic E-state index is 5.58. The van der Waals surface area contributed by atoms with Crippen molar-refractivity contribution in [3.05, 3.63) is 18.0 Å². The summed E-state index contributed by atoms with van der Waals surface area (Å²) in [5, 5.41) is 4.22. The van der Waals surface area contributed by atoms with Crippen LogP contribution in [0.2, 0.25) is 0 Å². The maximum atomic E-state index is 5.58. The fraction of sp³-hybridized carbons (Fsp3) is 0.667. The second kappa shape index (κ2) is 5.34. The normalized spacial score (nSPS) is 21.6. The summed E-state index contributed by atoms with van der Waals surface area (Å²) in [4.78, 5) is 0. The van der Waals surface area contributed by atoms with Crippen molar-refractivity contribution < 1.29 is 4.74 Å². The number of halogens is 1. The van der Waals surface area contributed by atoms with Crippen LogP contribution in [0.25, 0.3) is 0 Å². The van der Waals surface area contributed by atoms with Gasteiger partial charge in [-0.3, -0.25) is 0 Å². The smallest absolute Gasteiger partial charge is 0.150 e. The number of ether oxygens (including phenoxy) is 1. The molecule has 2 heterocycles. The Morgan fingerprint density at radius 3 is 3.00 bits per heavy atom. The van der Waals surface area contributed by atoms with E-state index in [2.05, 4.69) is 5.10 Å². The van der Waals surface area contributed by atoms with Crippen LogP contribution in [0.15, 0.2) is 12.4 Å². The first-order valence-electron chi connectivity index (χ1n) is 4.75. The summed E-state index contributed by atoms with van der Waals surface area (Å²) >= 11 is 0. The molecular formula is C9H16ClN3O. The molecule has 1 aromatic heterocycles. The Kier molecular flexibility index (Phi) is 4.38. The first-order valence-corrected chi connectivity index (χ1v) is 4.75. The van der Waals surface area contributed by atoms with Gasteiger partial charge in [-0.1, -0.05) is 0 Å². The van der Waals surface area contributed by atoms with Gasteiger partial charge in [0.15, 0.2) is 0 Å². The molecule has 2 N–H and O–H groups in total. The van der Waals surface area contributed by atoms with Crippen LogP contribution in [0.3, 0.4) is 0 Å². The summed E-state index contributed by atoms with van der Waals surface area (Å²) in [5.41, 5.74) is 6.56. The monoisotopic (exact) mass is 217 g/mol. The van der Waals surface area contributed by atoms with Crippen LogP contribution in [0.5, 0.6) is 0 Å². The van der Waals surface area contributed by atoms with Crippen LogP contribution < -0.4 is 5.73 Å². The predicted octanol–water partition coefficient (Wildman–Crippen LogP) is 1.46. The molecule has 2 rings (SSSR count). The molecule has 0 aliphatic carbocycles. The van der Waals surface area contributed by atoms with Crippen molar-refractivity contribution in [2.75, 3.05) is 6.61 Å². The largest absolute Gasteiger partial charge is 0.357 e. The van der Waals surface area contributed by atoms with E-state index in [1.165, 1.54) is 12.8 Å². The van der Waals surface area contributed by atoms with Crippen molar-refractivity contribution in [2.45, 2.75) is 32.0 Å². The van der Waals surface area contributed by atoms with E-state index in [0.29, 0.717) is 6.54 Å². The van der Waals surface area contributed by atoms with Gasteiger partial charge in [-0.15, -0.1) is 12.4 Å². The van der Waals surface area contributed by atoms with Crippen molar-refractivity contribution >= 4 is 12.4 Å². The third-order valence-electron chi connectivity index (χ3n) is 2.34. The molecule has 0 saturated carbocycles. The lowest BCUT2D eigenvalue weighted by Crippen LogP contribution is -2.18. The van der Waals surface area contributed by atoms with E-state index in [0.717, 1.165) is 18.6 Å². The van der Waals surface area contributed by atoms with E-state index < -0.39 is 0 Å². The fourth-order valence-corrected chi connectivity index (χ4v) is 1.57. The van der Waals surface area contributed by atoms with Crippen molar-refractivity contribution in [3.8, 4) is 0 Å². The Morgan fingerprint density at radius 1 is 1.57 bits per heavy atom. The summed E-state index contributed by atoms with van der Waals surface area (Å²) < 4.78 is 7.46. The number of nitrogens with zero attached hydrogens (tertiary/aromatic N) is 2. The van der Waals surface area contributed by atoms with E-state index in [4.69, 9.17) is 10.5 Å². The minimum Gasteiger partial charge on any atom is -0.357 e. The molecule has 1 saturated heterocycles. The van der Waals surface area contributed by atoms with Gasteiger partial charge in [-0.05, 0) is 19.3 Å². The molecule has 1 aliphatic heterocycles. The van der Waals surface area contributed by atoms with Gasteiger partial charge in [0.2, 0.25) is 0 Å². The molecule has 0 radical (unpaired) electrons. The third-order valence-corrected chi connectivity index (χ3v) is 2.34. The highest BCUT2D eigenvalue weighted by Gasteiger charge is 2.15. The zero-order chi connectivity index (χ0) is 9.10. The molecule has 1 unspecified atom stereocenters. The minimum atomic E-state index is 0. The van der Waals surface area contributed by atoms with Gasteiger partial charge in [0, 0.05) is 24.9 Å². The summed E-state index contributed by atoms with van der Waals surface area (Å²) in [6.07, 6.45) is 7.36. The quantitative estimate of drug-likeness (QED) is 0.816. The standard InChI is InChI=1S/C9H15N3O.ClH/c10-5-8-6-11-12(7-8)9-3-1-2-4-13-9;/h6-7,9H,1-5,10H2;1H. The fourth-order valence-electron chi connectivity index (χ4n) is 1.57. The molecule has 1 fully saturated rings. The molecule has 1 aromatic rings. The average molecular weight is 218 g/mol. The lowest BCUT2D eigenvalue weighted by atomic mass is 10.2. The van der Waals surface area contributed by atoms with Crippen LogP contribution in [0.4, 0.5) is 0 Å². The van der Waals surface area contributed by atoms with Gasteiger partial charge in [0.1, 0.15) is 6.23 Å². The summed E-state index contributed by atoms with van der Waals surface area (Å²) in [7, 11) is 0. The van der Waals surface area contributed by atoms with E-state index in [1.54, 1.807) is 6.20 Å². The van der Waals surface area contributed by atoms with Gasteiger partial charge < -0.3 is 10.5 Å². The molecular weight excluding hydrogens is 202 g/mol. The van der Waals surface area contributed by atoms with Crippen LogP contribution in [0, 0.1) is 0 Å². The molecule has 80 valence electrons. The lowest BCUT2D eigenvalue weighted by molar-refractivity contribution is -0.0395. The Balaban J connectivity index is 0.000000980. The number of hydrogen-bond donors (Lipinski definition) is 1. The highest BCUT2D eigenvalue weighted by atomic mass is 35.5. The van der Waals surface area contributed by atoms with Crippen LogP contribution >= 0.6 is 12.4 Å². The van der Waals surface area contributed by atoms with E-state index in [1.807, 2.05) is 10.9 Å². The molecule has 4 nitrogen and oxygen atoms in total. The summed E-state index contributed by atoms with van der Waals surface area (Å²) in [6.45, 7) is 1.40. The first-order chi connectivity index (χ1) is 6.40. The maximum Gasteiger partial charge on any atom is 0.150 e. The lowest BCUT2D eigenvalue weighted by Gasteiger charge is -2.22. The van der Waals surface area contributed by atoms with Crippen LogP contribution in [-0.2, 0) is 11.3 Å². The second-order valence-electron chi connectivity index (χ2n) is 3.35. The summed E-state index contributed by atoms with van der Waals surface area (Å²) in [5.74, 6) is 0. The molecule has 14 heavy (non-hydrogen) atoms. The summed E-state index contributed by atoms with van der Waals surface area (Å²) in [6, 6.07) is 0. The Hall–Kier alpha value is -0.580. The second-order valence-corrected chi connectivity index (χ2v) is 3.35. The molecule has 0 bridgehead atoms. The molecule has 0 aromatic carbocycles. The van der Waals surface area contributed by atoms with Crippen LogP contribution in [0.1, 0.15) is 31.1 Å².